The third kappa shape index (κ3) is 3.49. The largest absolute Gasteiger partial charge is 0.495 e. The number of thiazole rings is 1. The molecule has 2 N–H and O–H groups in total. The number of nitrogens with zero attached hydrogens (tertiary/aromatic N) is 1. The second-order valence-electron chi connectivity index (χ2n) is 5.66. The Morgan fingerprint density at radius 2 is 2.07 bits per heavy atom. The summed E-state index contributed by atoms with van der Waals surface area (Å²) in [7, 11) is -2.58. The number of fused-ring (bicyclic) bond motifs is 1. The van der Waals surface area contributed by atoms with E-state index in [1.165, 1.54) is 25.3 Å². The summed E-state index contributed by atoms with van der Waals surface area (Å²) < 4.78 is 38.0. The number of oxazole rings is 1. The number of halogens is 1. The van der Waals surface area contributed by atoms with Crippen LogP contribution in [-0.4, -0.2) is 25.5 Å². The fourth-order valence-electron chi connectivity index (χ4n) is 2.59. The van der Waals surface area contributed by atoms with E-state index < -0.39 is 15.8 Å². The van der Waals surface area contributed by atoms with E-state index in [0.29, 0.717) is 22.4 Å². The van der Waals surface area contributed by atoms with Crippen LogP contribution < -0.4 is 15.2 Å². The highest BCUT2D eigenvalue weighted by Crippen LogP contribution is 2.31. The minimum absolute atomic E-state index is 0.0882. The molecule has 0 aliphatic rings. The average molecular weight is 438 g/mol. The van der Waals surface area contributed by atoms with Crippen LogP contribution in [0.15, 0.2) is 55.9 Å². The molecule has 11 heteroatoms. The Balaban J connectivity index is 1.65. The Bertz CT molecular complexity index is 1340. The molecule has 28 heavy (non-hydrogen) atoms. The van der Waals surface area contributed by atoms with Gasteiger partial charge in [0.1, 0.15) is 10.6 Å². The van der Waals surface area contributed by atoms with Crippen molar-refractivity contribution in [3.63, 3.8) is 0 Å². The van der Waals surface area contributed by atoms with Crippen LogP contribution in [0.1, 0.15) is 0 Å². The van der Waals surface area contributed by atoms with Crippen LogP contribution >= 0.6 is 22.9 Å². The molecule has 4 aromatic rings. The Labute approximate surface area is 167 Å². The van der Waals surface area contributed by atoms with Gasteiger partial charge in [-0.2, -0.15) is 0 Å². The second kappa shape index (κ2) is 6.97. The van der Waals surface area contributed by atoms with Crippen LogP contribution in [0.3, 0.4) is 0 Å². The van der Waals surface area contributed by atoms with Gasteiger partial charge in [-0.1, -0.05) is 17.7 Å². The zero-order valence-electron chi connectivity index (χ0n) is 14.2. The van der Waals surface area contributed by atoms with Crippen LogP contribution in [0.2, 0.25) is 5.02 Å². The van der Waals surface area contributed by atoms with Crippen molar-refractivity contribution < 1.29 is 17.6 Å². The van der Waals surface area contributed by atoms with E-state index in [1.54, 1.807) is 23.6 Å². The van der Waals surface area contributed by atoms with Crippen LogP contribution in [0, 0.1) is 0 Å². The maximum absolute atomic E-state index is 12.7. The Morgan fingerprint density at radius 3 is 2.86 bits per heavy atom. The minimum Gasteiger partial charge on any atom is -0.495 e. The highest BCUT2D eigenvalue weighted by molar-refractivity contribution is 7.93. The molecule has 0 atom stereocenters. The van der Waals surface area contributed by atoms with Crippen LogP contribution in [-0.2, 0) is 10.0 Å². The quantitative estimate of drug-likeness (QED) is 0.492. The van der Waals surface area contributed by atoms with E-state index >= 15 is 0 Å². The first-order chi connectivity index (χ1) is 13.4. The highest BCUT2D eigenvalue weighted by Gasteiger charge is 2.22. The lowest BCUT2D eigenvalue weighted by atomic mass is 10.1. The number of benzene rings is 2. The van der Waals surface area contributed by atoms with Gasteiger partial charge in [0.2, 0.25) is 0 Å². The van der Waals surface area contributed by atoms with Gasteiger partial charge in [-0.15, -0.1) is 11.3 Å². The molecule has 0 radical (unpaired) electrons. The SMILES string of the molecule is COc1ccc(Cl)cc1S(=O)(=O)Nc1nc(-c2ccc3[nH]c(=O)oc3c2)cs1. The normalized spacial score (nSPS) is 11.6. The van der Waals surface area contributed by atoms with Gasteiger partial charge >= 0.3 is 5.76 Å². The number of sulfonamides is 1. The molecule has 4 rings (SSSR count). The van der Waals surface area contributed by atoms with Crippen molar-refractivity contribution in [3.05, 3.63) is 57.4 Å². The molecular formula is C17H12ClN3O5S2. The number of hydrogen-bond acceptors (Lipinski definition) is 7. The lowest BCUT2D eigenvalue weighted by Gasteiger charge is -2.10. The number of anilines is 1. The molecule has 0 aliphatic carbocycles. The summed E-state index contributed by atoms with van der Waals surface area (Å²) in [6.07, 6.45) is 0. The standard InChI is InChI=1S/C17H12ClN3O5S2/c1-25-13-5-3-10(18)7-15(13)28(23,24)21-16-19-12(8-27-16)9-2-4-11-14(6-9)26-17(22)20-11/h2-8H,1H3,(H,19,21)(H,20,22). The molecule has 0 saturated heterocycles. The molecule has 0 amide bonds. The molecule has 0 bridgehead atoms. The first-order valence-corrected chi connectivity index (χ1v) is 10.5. The summed E-state index contributed by atoms with van der Waals surface area (Å²) in [5, 5.41) is 2.13. The van der Waals surface area contributed by atoms with E-state index in [0.717, 1.165) is 11.3 Å². The predicted octanol–water partition coefficient (Wildman–Crippen LogP) is 3.71. The molecule has 2 aromatic carbocycles. The van der Waals surface area contributed by atoms with Crippen molar-refractivity contribution in [2.45, 2.75) is 4.90 Å². The molecule has 0 fully saturated rings. The van der Waals surface area contributed by atoms with E-state index in [-0.39, 0.29) is 20.8 Å². The Hall–Kier alpha value is -2.82. The lowest BCUT2D eigenvalue weighted by molar-refractivity contribution is 0.403. The number of aromatic nitrogens is 2. The molecule has 0 aliphatic heterocycles. The summed E-state index contributed by atoms with van der Waals surface area (Å²) in [6.45, 7) is 0. The van der Waals surface area contributed by atoms with Crippen molar-refractivity contribution in [2.24, 2.45) is 0 Å². The van der Waals surface area contributed by atoms with Gasteiger partial charge < -0.3 is 9.15 Å². The van der Waals surface area contributed by atoms with E-state index in [1.807, 2.05) is 0 Å². The average Bonchev–Trinajstić information content (AvgIpc) is 3.26. The molecule has 2 aromatic heterocycles. The van der Waals surface area contributed by atoms with E-state index in [2.05, 4.69) is 14.7 Å². The predicted molar refractivity (Wildman–Crippen MR) is 107 cm³/mol. The maximum atomic E-state index is 12.7. The second-order valence-corrected chi connectivity index (χ2v) is 8.61. The van der Waals surface area contributed by atoms with Crippen LogP contribution in [0.4, 0.5) is 5.13 Å². The Morgan fingerprint density at radius 1 is 1.25 bits per heavy atom. The van der Waals surface area contributed by atoms with E-state index in [4.69, 9.17) is 20.8 Å². The first kappa shape index (κ1) is 18.5. The summed E-state index contributed by atoms with van der Waals surface area (Å²) in [5.41, 5.74) is 2.17. The number of ether oxygens (including phenoxy) is 1. The van der Waals surface area contributed by atoms with Crippen molar-refractivity contribution in [3.8, 4) is 17.0 Å². The summed E-state index contributed by atoms with van der Waals surface area (Å²) >= 11 is 7.04. The fraction of sp³-hybridized carbons (Fsp3) is 0.0588. The Kier molecular flexibility index (Phi) is 4.61. The van der Waals surface area contributed by atoms with Gasteiger partial charge in [-0.25, -0.2) is 18.2 Å². The number of aromatic amines is 1. The molecule has 144 valence electrons. The molecule has 8 nitrogen and oxygen atoms in total. The minimum atomic E-state index is -3.96. The zero-order valence-corrected chi connectivity index (χ0v) is 16.6. The van der Waals surface area contributed by atoms with Gasteiger partial charge in [-0.3, -0.25) is 9.71 Å². The summed E-state index contributed by atoms with van der Waals surface area (Å²) in [6, 6.07) is 9.41. The fourth-order valence-corrected chi connectivity index (χ4v) is 4.99. The lowest BCUT2D eigenvalue weighted by Crippen LogP contribution is -2.14. The molecular weight excluding hydrogens is 426 g/mol. The van der Waals surface area contributed by atoms with Crippen molar-refractivity contribution in [2.75, 3.05) is 11.8 Å². The molecule has 0 unspecified atom stereocenters. The van der Waals surface area contributed by atoms with Crippen molar-refractivity contribution in [1.82, 2.24) is 9.97 Å². The topological polar surface area (TPSA) is 114 Å². The smallest absolute Gasteiger partial charge is 0.417 e. The van der Waals surface area contributed by atoms with Crippen molar-refractivity contribution in [1.29, 1.82) is 0 Å². The van der Waals surface area contributed by atoms with Gasteiger partial charge in [0, 0.05) is 16.0 Å². The van der Waals surface area contributed by atoms with Crippen molar-refractivity contribution >= 4 is 49.2 Å². The molecule has 2 heterocycles. The summed E-state index contributed by atoms with van der Waals surface area (Å²) in [4.78, 5) is 18.0. The van der Waals surface area contributed by atoms with Gasteiger partial charge in [0.05, 0.1) is 18.3 Å². The van der Waals surface area contributed by atoms with Crippen LogP contribution in [0.25, 0.3) is 22.4 Å². The number of H-pyrrole nitrogens is 1. The van der Waals surface area contributed by atoms with Crippen LogP contribution in [0.5, 0.6) is 5.75 Å². The maximum Gasteiger partial charge on any atom is 0.417 e. The molecule has 0 spiro atoms. The van der Waals surface area contributed by atoms with Gasteiger partial charge in [0.15, 0.2) is 10.7 Å². The number of hydrogen-bond donors (Lipinski definition) is 2. The third-order valence-electron chi connectivity index (χ3n) is 3.86. The number of nitrogens with one attached hydrogen (secondary N) is 2. The number of methoxy groups -OCH3 is 1. The highest BCUT2D eigenvalue weighted by atomic mass is 35.5. The first-order valence-electron chi connectivity index (χ1n) is 7.81. The van der Waals surface area contributed by atoms with E-state index in [9.17, 15) is 13.2 Å². The zero-order chi connectivity index (χ0) is 19.9. The van der Waals surface area contributed by atoms with Gasteiger partial charge in [0.25, 0.3) is 10.0 Å². The van der Waals surface area contributed by atoms with Gasteiger partial charge in [-0.05, 0) is 30.3 Å². The monoisotopic (exact) mass is 437 g/mol. The molecule has 0 saturated carbocycles. The number of rotatable bonds is 5. The summed E-state index contributed by atoms with van der Waals surface area (Å²) in [5.74, 6) is -0.379. The third-order valence-corrected chi connectivity index (χ3v) is 6.34.